The summed E-state index contributed by atoms with van der Waals surface area (Å²) in [5, 5.41) is 8.85. The molecule has 1 amide bonds. The first-order valence-corrected chi connectivity index (χ1v) is 10.8. The second-order valence-electron chi connectivity index (χ2n) is 7.43. The smallest absolute Gasteiger partial charge is 0.220 e. The fourth-order valence-electron chi connectivity index (χ4n) is 3.63. The molecule has 7 heteroatoms. The van der Waals surface area contributed by atoms with Crippen molar-refractivity contribution in [2.45, 2.75) is 39.8 Å². The molecule has 3 heterocycles. The van der Waals surface area contributed by atoms with Crippen molar-refractivity contribution < 1.29 is 4.79 Å². The number of carbonyl (C=O) groups excluding carboxylic acids is 1. The summed E-state index contributed by atoms with van der Waals surface area (Å²) in [4.78, 5) is 17.0. The van der Waals surface area contributed by atoms with Crippen molar-refractivity contribution in [3.05, 3.63) is 76.2 Å². The highest BCUT2D eigenvalue weighted by atomic mass is 79.9. The zero-order chi connectivity index (χ0) is 21.1. The lowest BCUT2D eigenvalue weighted by Crippen LogP contribution is -2.22. The van der Waals surface area contributed by atoms with Crippen molar-refractivity contribution in [1.82, 2.24) is 24.6 Å². The SMILES string of the molecule is Cc1cc(C)c2c(-n3cccc3)nn(CCCC(=O)NCc3cccc(Br)c3)c2n1. The van der Waals surface area contributed by atoms with Crippen LogP contribution < -0.4 is 5.32 Å². The number of aryl methyl sites for hydroxylation is 3. The Balaban J connectivity index is 1.44. The topological polar surface area (TPSA) is 64.7 Å². The molecule has 4 rings (SSSR count). The average Bonchev–Trinajstić information content (AvgIpc) is 3.35. The largest absolute Gasteiger partial charge is 0.352 e. The minimum atomic E-state index is 0.0393. The van der Waals surface area contributed by atoms with E-state index in [1.165, 1.54) is 0 Å². The van der Waals surface area contributed by atoms with Crippen molar-refractivity contribution >= 4 is 32.9 Å². The van der Waals surface area contributed by atoms with E-state index in [9.17, 15) is 4.79 Å². The third-order valence-electron chi connectivity index (χ3n) is 5.01. The first-order valence-electron chi connectivity index (χ1n) is 10.0. The Labute approximate surface area is 184 Å². The van der Waals surface area contributed by atoms with Crippen LogP contribution in [0.15, 0.2) is 59.3 Å². The molecule has 0 aliphatic rings. The number of halogens is 1. The number of rotatable bonds is 7. The summed E-state index contributed by atoms with van der Waals surface area (Å²) < 4.78 is 4.94. The summed E-state index contributed by atoms with van der Waals surface area (Å²) in [5.74, 6) is 0.913. The van der Waals surface area contributed by atoms with Gasteiger partial charge in [0.05, 0.1) is 5.39 Å². The van der Waals surface area contributed by atoms with Gasteiger partial charge >= 0.3 is 0 Å². The quantitative estimate of drug-likeness (QED) is 0.430. The van der Waals surface area contributed by atoms with Crippen LogP contribution in [-0.2, 0) is 17.9 Å². The van der Waals surface area contributed by atoms with Gasteiger partial charge in [0.25, 0.3) is 0 Å². The Kier molecular flexibility index (Phi) is 5.99. The molecule has 3 aromatic heterocycles. The van der Waals surface area contributed by atoms with Crippen LogP contribution in [0.4, 0.5) is 0 Å². The van der Waals surface area contributed by atoms with Crippen LogP contribution in [0.25, 0.3) is 16.9 Å². The lowest BCUT2D eigenvalue weighted by molar-refractivity contribution is -0.121. The standard InChI is InChI=1S/C23H24BrN5O/c1-16-13-17(2)26-22-21(16)23(28-10-3-4-11-28)27-29(22)12-6-9-20(30)25-15-18-7-5-8-19(24)14-18/h3-5,7-8,10-11,13-14H,6,9,12,15H2,1-2H3,(H,25,30). The van der Waals surface area contributed by atoms with Gasteiger partial charge in [-0.25, -0.2) is 9.67 Å². The molecule has 0 unspecified atom stereocenters. The van der Waals surface area contributed by atoms with Gasteiger partial charge in [-0.1, -0.05) is 28.1 Å². The van der Waals surface area contributed by atoms with E-state index in [-0.39, 0.29) is 5.91 Å². The second kappa shape index (κ2) is 8.83. The fourth-order valence-corrected chi connectivity index (χ4v) is 4.08. The molecule has 1 N–H and O–H groups in total. The Hall–Kier alpha value is -2.93. The summed E-state index contributed by atoms with van der Waals surface area (Å²) >= 11 is 3.45. The van der Waals surface area contributed by atoms with Gasteiger partial charge in [-0.05, 0) is 61.7 Å². The lowest BCUT2D eigenvalue weighted by atomic mass is 10.2. The van der Waals surface area contributed by atoms with Gasteiger partial charge in [-0.15, -0.1) is 0 Å². The molecule has 0 saturated carbocycles. The van der Waals surface area contributed by atoms with Gasteiger partial charge in [0.1, 0.15) is 0 Å². The maximum Gasteiger partial charge on any atom is 0.220 e. The van der Waals surface area contributed by atoms with Gasteiger partial charge in [0.2, 0.25) is 5.91 Å². The number of pyridine rings is 1. The molecule has 0 spiro atoms. The van der Waals surface area contributed by atoms with Crippen LogP contribution in [0.3, 0.4) is 0 Å². The van der Waals surface area contributed by atoms with E-state index in [1.54, 1.807) is 0 Å². The molecule has 4 aromatic rings. The number of nitrogens with one attached hydrogen (secondary N) is 1. The van der Waals surface area contributed by atoms with Crippen LogP contribution in [0.1, 0.15) is 29.7 Å². The summed E-state index contributed by atoms with van der Waals surface area (Å²) in [6, 6.07) is 14.0. The van der Waals surface area contributed by atoms with Crippen molar-refractivity contribution in [1.29, 1.82) is 0 Å². The molecular weight excluding hydrogens is 442 g/mol. The normalized spacial score (nSPS) is 11.2. The minimum absolute atomic E-state index is 0.0393. The van der Waals surface area contributed by atoms with Gasteiger partial charge in [0, 0.05) is 42.1 Å². The molecule has 0 aliphatic carbocycles. The van der Waals surface area contributed by atoms with Crippen LogP contribution in [-0.4, -0.2) is 25.2 Å². The van der Waals surface area contributed by atoms with E-state index in [0.717, 1.165) is 38.1 Å². The summed E-state index contributed by atoms with van der Waals surface area (Å²) in [6.07, 6.45) is 5.11. The summed E-state index contributed by atoms with van der Waals surface area (Å²) in [7, 11) is 0. The van der Waals surface area contributed by atoms with Crippen LogP contribution >= 0.6 is 15.9 Å². The molecule has 0 bridgehead atoms. The zero-order valence-corrected chi connectivity index (χ0v) is 18.7. The number of carbonyl (C=O) groups is 1. The van der Waals surface area contributed by atoms with Crippen LogP contribution in [0.2, 0.25) is 0 Å². The van der Waals surface area contributed by atoms with E-state index < -0.39 is 0 Å². The number of hydrogen-bond donors (Lipinski definition) is 1. The number of benzene rings is 1. The van der Waals surface area contributed by atoms with Crippen molar-refractivity contribution in [2.75, 3.05) is 0 Å². The van der Waals surface area contributed by atoms with Crippen molar-refractivity contribution in [2.24, 2.45) is 0 Å². The number of nitrogens with zero attached hydrogens (tertiary/aromatic N) is 4. The average molecular weight is 466 g/mol. The molecular formula is C23H24BrN5O. The third kappa shape index (κ3) is 4.46. The Bertz CT molecular complexity index is 1180. The monoisotopic (exact) mass is 465 g/mol. The molecule has 0 aliphatic heterocycles. The summed E-state index contributed by atoms with van der Waals surface area (Å²) in [5.41, 5.74) is 4.05. The summed E-state index contributed by atoms with van der Waals surface area (Å²) in [6.45, 7) is 5.25. The first-order chi connectivity index (χ1) is 14.5. The van der Waals surface area contributed by atoms with E-state index in [0.29, 0.717) is 25.9 Å². The lowest BCUT2D eigenvalue weighted by Gasteiger charge is -2.07. The molecule has 6 nitrogen and oxygen atoms in total. The molecule has 0 fully saturated rings. The maximum absolute atomic E-state index is 12.3. The van der Waals surface area contributed by atoms with Crippen molar-refractivity contribution in [3.8, 4) is 5.82 Å². The van der Waals surface area contributed by atoms with Gasteiger partial charge < -0.3 is 9.88 Å². The van der Waals surface area contributed by atoms with Crippen LogP contribution in [0.5, 0.6) is 0 Å². The fraction of sp³-hybridized carbons (Fsp3) is 0.261. The highest BCUT2D eigenvalue weighted by Gasteiger charge is 2.16. The number of aromatic nitrogens is 4. The number of hydrogen-bond acceptors (Lipinski definition) is 3. The third-order valence-corrected chi connectivity index (χ3v) is 5.50. The Morgan fingerprint density at radius 3 is 2.70 bits per heavy atom. The Morgan fingerprint density at radius 1 is 1.13 bits per heavy atom. The maximum atomic E-state index is 12.3. The predicted molar refractivity (Wildman–Crippen MR) is 122 cm³/mol. The van der Waals surface area contributed by atoms with Crippen molar-refractivity contribution in [3.63, 3.8) is 0 Å². The van der Waals surface area contributed by atoms with E-state index in [4.69, 9.17) is 10.1 Å². The predicted octanol–water partition coefficient (Wildman–Crippen LogP) is 4.70. The molecule has 0 atom stereocenters. The van der Waals surface area contributed by atoms with E-state index >= 15 is 0 Å². The van der Waals surface area contributed by atoms with E-state index in [1.807, 2.05) is 65.0 Å². The molecule has 30 heavy (non-hydrogen) atoms. The first kappa shape index (κ1) is 20.3. The molecule has 1 aromatic carbocycles. The van der Waals surface area contributed by atoms with Gasteiger partial charge in [0.15, 0.2) is 11.5 Å². The van der Waals surface area contributed by atoms with E-state index in [2.05, 4.69) is 34.2 Å². The Morgan fingerprint density at radius 2 is 1.93 bits per heavy atom. The second-order valence-corrected chi connectivity index (χ2v) is 8.34. The molecule has 154 valence electrons. The van der Waals surface area contributed by atoms with Gasteiger partial charge in [-0.3, -0.25) is 4.79 Å². The molecule has 0 saturated heterocycles. The highest BCUT2D eigenvalue weighted by Crippen LogP contribution is 2.25. The van der Waals surface area contributed by atoms with Crippen LogP contribution in [0, 0.1) is 13.8 Å². The number of fused-ring (bicyclic) bond motifs is 1. The molecule has 0 radical (unpaired) electrons. The minimum Gasteiger partial charge on any atom is -0.352 e. The zero-order valence-electron chi connectivity index (χ0n) is 17.1. The number of amides is 1. The van der Waals surface area contributed by atoms with Gasteiger partial charge in [-0.2, -0.15) is 5.10 Å². The highest BCUT2D eigenvalue weighted by molar-refractivity contribution is 9.10.